The van der Waals surface area contributed by atoms with Crippen molar-refractivity contribution in [2.24, 2.45) is 10.8 Å². The van der Waals surface area contributed by atoms with Crippen LogP contribution in [0.1, 0.15) is 12.8 Å². The van der Waals surface area contributed by atoms with Gasteiger partial charge in [0.25, 0.3) is 0 Å². The molecule has 1 aromatic heterocycles. The van der Waals surface area contributed by atoms with Gasteiger partial charge in [-0.15, -0.1) is 0 Å². The van der Waals surface area contributed by atoms with E-state index in [1.165, 1.54) is 5.01 Å². The Morgan fingerprint density at radius 2 is 2.00 bits per heavy atom. The van der Waals surface area contributed by atoms with Crippen LogP contribution in [-0.4, -0.2) is 49.5 Å². The minimum Gasteiger partial charge on any atom is -0.491 e. The van der Waals surface area contributed by atoms with Crippen LogP contribution in [0.25, 0.3) is 22.2 Å². The molecule has 1 saturated carbocycles. The van der Waals surface area contributed by atoms with Gasteiger partial charge >= 0.3 is 10.1 Å². The minimum absolute atomic E-state index is 0.165. The largest absolute Gasteiger partial charge is 0.491 e. The van der Waals surface area contributed by atoms with Gasteiger partial charge < -0.3 is 14.7 Å². The van der Waals surface area contributed by atoms with Gasteiger partial charge in [-0.1, -0.05) is 30.3 Å². The molecule has 3 aromatic rings. The number of rotatable bonds is 8. The Morgan fingerprint density at radius 1 is 1.25 bits per heavy atom. The van der Waals surface area contributed by atoms with Crippen molar-refractivity contribution in [3.63, 3.8) is 0 Å². The monoisotopic (exact) mass is 453 g/mol. The summed E-state index contributed by atoms with van der Waals surface area (Å²) in [6, 6.07) is 16.3. The molecule has 0 radical (unpaired) electrons. The van der Waals surface area contributed by atoms with Crippen molar-refractivity contribution in [3.8, 4) is 22.8 Å². The maximum atomic E-state index is 11.6. The molecule has 1 aliphatic rings. The molecule has 2 aromatic carbocycles. The van der Waals surface area contributed by atoms with E-state index < -0.39 is 15.7 Å². The van der Waals surface area contributed by atoms with Crippen LogP contribution >= 0.6 is 0 Å². The van der Waals surface area contributed by atoms with E-state index in [9.17, 15) is 8.42 Å². The Hall–Kier alpha value is -3.66. The zero-order valence-electron chi connectivity index (χ0n) is 17.5. The third-order valence-corrected chi connectivity index (χ3v) is 5.69. The van der Waals surface area contributed by atoms with Gasteiger partial charge in [0.15, 0.2) is 5.75 Å². The average Bonchev–Trinajstić information content (AvgIpc) is 3.52. The molecule has 1 aliphatic carbocycles. The molecule has 0 amide bonds. The summed E-state index contributed by atoms with van der Waals surface area (Å²) in [6.07, 6.45) is 2.61. The standard InChI is InChI=1S/C22H23N5O4S/c1-25-27(21(23)24)22(11-12-22)14-30-17-7-3-6-16(13-17)18-10-9-15-5-4-8-19(20(15)26-18)31-32(2,28)29/h3-10,13H,1,11-12,14H2,2H3,(H3,23,24). The van der Waals surface area contributed by atoms with E-state index in [1.54, 1.807) is 12.1 Å². The van der Waals surface area contributed by atoms with E-state index in [4.69, 9.17) is 20.1 Å². The second-order valence-electron chi connectivity index (χ2n) is 7.69. The van der Waals surface area contributed by atoms with Crippen molar-refractivity contribution in [1.82, 2.24) is 9.99 Å². The minimum atomic E-state index is -3.68. The van der Waals surface area contributed by atoms with Gasteiger partial charge in [0.05, 0.1) is 11.9 Å². The molecule has 0 aliphatic heterocycles. The topological polar surface area (TPSA) is 131 Å². The first-order chi connectivity index (χ1) is 15.2. The quantitative estimate of drug-likeness (QED) is 0.232. The predicted octanol–water partition coefficient (Wildman–Crippen LogP) is 2.96. The molecular weight excluding hydrogens is 430 g/mol. The number of fused-ring (bicyclic) bond motifs is 1. The molecule has 1 heterocycles. The zero-order valence-corrected chi connectivity index (χ0v) is 18.3. The molecule has 9 nitrogen and oxygen atoms in total. The van der Waals surface area contributed by atoms with Crippen LogP contribution in [0.2, 0.25) is 0 Å². The number of aromatic nitrogens is 1. The summed E-state index contributed by atoms with van der Waals surface area (Å²) in [5.74, 6) is 0.641. The number of nitrogens with zero attached hydrogens (tertiary/aromatic N) is 3. The van der Waals surface area contributed by atoms with Crippen molar-refractivity contribution in [2.75, 3.05) is 12.9 Å². The summed E-state index contributed by atoms with van der Waals surface area (Å²) in [5.41, 5.74) is 7.06. The highest BCUT2D eigenvalue weighted by Crippen LogP contribution is 2.42. The molecule has 32 heavy (non-hydrogen) atoms. The molecule has 0 bridgehead atoms. The highest BCUT2D eigenvalue weighted by molar-refractivity contribution is 7.86. The Morgan fingerprint density at radius 3 is 2.66 bits per heavy atom. The summed E-state index contributed by atoms with van der Waals surface area (Å²) >= 11 is 0. The van der Waals surface area contributed by atoms with E-state index in [0.717, 1.165) is 30.0 Å². The third kappa shape index (κ3) is 4.50. The number of hydrogen-bond donors (Lipinski definition) is 2. The highest BCUT2D eigenvalue weighted by Gasteiger charge is 2.50. The Bertz CT molecular complexity index is 1300. The van der Waals surface area contributed by atoms with E-state index in [2.05, 4.69) is 16.8 Å². The van der Waals surface area contributed by atoms with Gasteiger partial charge in [-0.2, -0.15) is 13.5 Å². The van der Waals surface area contributed by atoms with Crippen LogP contribution in [0.3, 0.4) is 0 Å². The maximum absolute atomic E-state index is 11.6. The first-order valence-corrected chi connectivity index (χ1v) is 11.7. The molecule has 0 unspecified atom stereocenters. The average molecular weight is 454 g/mol. The Balaban J connectivity index is 1.60. The Labute approximate surface area is 186 Å². The predicted molar refractivity (Wildman–Crippen MR) is 123 cm³/mol. The molecule has 0 spiro atoms. The summed E-state index contributed by atoms with van der Waals surface area (Å²) in [6.45, 7) is 3.81. The van der Waals surface area contributed by atoms with Gasteiger partial charge in [-0.25, -0.2) is 9.99 Å². The molecule has 10 heteroatoms. The van der Waals surface area contributed by atoms with E-state index in [0.29, 0.717) is 23.6 Å². The molecule has 4 rings (SSSR count). The second-order valence-corrected chi connectivity index (χ2v) is 9.27. The lowest BCUT2D eigenvalue weighted by molar-refractivity contribution is 0.181. The van der Waals surface area contributed by atoms with Crippen molar-refractivity contribution >= 4 is 33.7 Å². The van der Waals surface area contributed by atoms with E-state index >= 15 is 0 Å². The summed E-state index contributed by atoms with van der Waals surface area (Å²) < 4.78 is 34.3. The number of pyridine rings is 1. The van der Waals surface area contributed by atoms with Crippen LogP contribution in [0.4, 0.5) is 0 Å². The van der Waals surface area contributed by atoms with Gasteiger partial charge in [-0.05, 0) is 37.1 Å². The first kappa shape index (κ1) is 21.6. The normalized spacial score (nSPS) is 14.5. The van der Waals surface area contributed by atoms with Crippen molar-refractivity contribution in [1.29, 1.82) is 5.41 Å². The van der Waals surface area contributed by atoms with Crippen molar-refractivity contribution in [3.05, 3.63) is 54.6 Å². The molecule has 166 valence electrons. The first-order valence-electron chi connectivity index (χ1n) is 9.84. The number of para-hydroxylation sites is 1. The van der Waals surface area contributed by atoms with Crippen molar-refractivity contribution in [2.45, 2.75) is 18.4 Å². The van der Waals surface area contributed by atoms with Crippen LogP contribution in [0, 0.1) is 5.41 Å². The van der Waals surface area contributed by atoms with Crippen molar-refractivity contribution < 1.29 is 17.3 Å². The van der Waals surface area contributed by atoms with Crippen LogP contribution in [0.15, 0.2) is 59.7 Å². The number of nitrogens with two attached hydrogens (primary N) is 1. The molecule has 0 saturated heterocycles. The van der Waals surface area contributed by atoms with Gasteiger partial charge in [0, 0.05) is 17.7 Å². The van der Waals surface area contributed by atoms with Crippen LogP contribution < -0.4 is 14.7 Å². The molecular formula is C22H23N5O4S. The fourth-order valence-corrected chi connectivity index (χ4v) is 3.98. The van der Waals surface area contributed by atoms with Gasteiger partial charge in [0.1, 0.15) is 23.4 Å². The number of hydrazone groups is 1. The number of benzene rings is 2. The lowest BCUT2D eigenvalue weighted by Crippen LogP contribution is -2.45. The summed E-state index contributed by atoms with van der Waals surface area (Å²) in [4.78, 5) is 4.64. The highest BCUT2D eigenvalue weighted by atomic mass is 32.2. The number of nitrogens with one attached hydrogen (secondary N) is 1. The maximum Gasteiger partial charge on any atom is 0.306 e. The van der Waals surface area contributed by atoms with Gasteiger partial charge in [-0.3, -0.25) is 5.41 Å². The number of hydrogen-bond acceptors (Lipinski definition) is 7. The molecule has 0 atom stereocenters. The zero-order chi connectivity index (χ0) is 22.9. The molecule has 1 fully saturated rings. The summed E-state index contributed by atoms with van der Waals surface area (Å²) in [7, 11) is -3.68. The lowest BCUT2D eigenvalue weighted by atomic mass is 10.1. The van der Waals surface area contributed by atoms with Crippen LogP contribution in [0.5, 0.6) is 11.5 Å². The third-order valence-electron chi connectivity index (χ3n) is 5.21. The second kappa shape index (κ2) is 8.12. The van der Waals surface area contributed by atoms with Gasteiger partial charge in [0.2, 0.25) is 5.96 Å². The lowest BCUT2D eigenvalue weighted by Gasteiger charge is -2.27. The number of ether oxygens (including phenoxy) is 1. The number of guanidine groups is 1. The van der Waals surface area contributed by atoms with E-state index in [1.807, 2.05) is 42.5 Å². The fraction of sp³-hybridized carbons (Fsp3) is 0.227. The Kier molecular flexibility index (Phi) is 5.47. The molecule has 3 N–H and O–H groups in total. The smallest absolute Gasteiger partial charge is 0.306 e. The fourth-order valence-electron chi connectivity index (χ4n) is 3.52. The van der Waals surface area contributed by atoms with Crippen LogP contribution in [-0.2, 0) is 10.1 Å². The van der Waals surface area contributed by atoms with E-state index in [-0.39, 0.29) is 11.7 Å². The SMILES string of the molecule is C=NN(C(=N)N)C1(COc2cccc(-c3ccc4cccc(OS(C)(=O)=O)c4n3)c2)CC1. The summed E-state index contributed by atoms with van der Waals surface area (Å²) in [5, 5.41) is 13.7.